The van der Waals surface area contributed by atoms with Crippen LogP contribution in [0.5, 0.6) is 0 Å². The van der Waals surface area contributed by atoms with Crippen LogP contribution in [0.3, 0.4) is 0 Å². The van der Waals surface area contributed by atoms with Crippen LogP contribution in [0.25, 0.3) is 0 Å². The van der Waals surface area contributed by atoms with Crippen LogP contribution in [0.4, 0.5) is 24.0 Å². The van der Waals surface area contributed by atoms with Gasteiger partial charge in [0.2, 0.25) is 0 Å². The number of alkyl halides is 3. The maximum atomic E-state index is 12.2. The second-order valence-corrected chi connectivity index (χ2v) is 6.59. The van der Waals surface area contributed by atoms with E-state index in [1.54, 1.807) is 0 Å². The number of aromatic nitrogens is 1. The van der Waals surface area contributed by atoms with Crippen LogP contribution in [-0.2, 0) is 9.84 Å². The lowest BCUT2D eigenvalue weighted by atomic mass is 10.2. The summed E-state index contributed by atoms with van der Waals surface area (Å²) in [7, 11) is -3.63. The summed E-state index contributed by atoms with van der Waals surface area (Å²) >= 11 is 0.725. The summed E-state index contributed by atoms with van der Waals surface area (Å²) in [5.41, 5.74) is 5.39. The Morgan fingerprint density at radius 1 is 1.50 bits per heavy atom. The monoisotopic (exact) mass is 303 g/mol. The summed E-state index contributed by atoms with van der Waals surface area (Å²) in [6, 6.07) is -0.967. The fourth-order valence-electron chi connectivity index (χ4n) is 1.37. The Balaban J connectivity index is 2.93. The summed E-state index contributed by atoms with van der Waals surface area (Å²) in [6.07, 6.45) is -4.48. The molecule has 18 heavy (non-hydrogen) atoms. The summed E-state index contributed by atoms with van der Waals surface area (Å²) in [5.74, 6) is -0.204. The molecule has 10 heteroatoms. The number of nitrogens with zero attached hydrogens (tertiary/aromatic N) is 1. The molecule has 0 aliphatic heterocycles. The van der Waals surface area contributed by atoms with Crippen molar-refractivity contribution in [3.63, 3.8) is 0 Å². The van der Waals surface area contributed by atoms with Crippen LogP contribution in [0.2, 0.25) is 0 Å². The van der Waals surface area contributed by atoms with Crippen molar-refractivity contribution in [2.24, 2.45) is 0 Å². The second kappa shape index (κ2) is 4.92. The summed E-state index contributed by atoms with van der Waals surface area (Å²) in [5, 5.41) is 2.51. The highest BCUT2D eigenvalue weighted by molar-refractivity contribution is 7.91. The lowest BCUT2D eigenvalue weighted by Crippen LogP contribution is -2.24. The van der Waals surface area contributed by atoms with E-state index in [2.05, 4.69) is 9.69 Å². The first-order valence-corrected chi connectivity index (χ1v) is 7.45. The van der Waals surface area contributed by atoms with Gasteiger partial charge in [-0.2, -0.15) is 17.5 Å². The quantitative estimate of drug-likeness (QED) is 0.887. The lowest BCUT2D eigenvalue weighted by molar-refractivity contribution is -0.136. The number of nitrogen functional groups attached to an aromatic ring is 1. The number of halogens is 3. The first-order valence-electron chi connectivity index (χ1n) is 4.79. The van der Waals surface area contributed by atoms with E-state index in [1.165, 1.54) is 6.92 Å². The van der Waals surface area contributed by atoms with Gasteiger partial charge in [0.15, 0.2) is 15.7 Å². The van der Waals surface area contributed by atoms with Crippen molar-refractivity contribution in [3.8, 4) is 0 Å². The van der Waals surface area contributed by atoms with Gasteiger partial charge < -0.3 is 11.1 Å². The van der Waals surface area contributed by atoms with E-state index in [0.717, 1.165) is 17.8 Å². The molecule has 1 rings (SSSR count). The number of nitrogens with one attached hydrogen (secondary N) is 1. The molecule has 1 heterocycles. The van der Waals surface area contributed by atoms with Gasteiger partial charge in [-0.25, -0.2) is 8.42 Å². The van der Waals surface area contributed by atoms with Crippen molar-refractivity contribution in [3.05, 3.63) is 0 Å². The maximum absolute atomic E-state index is 12.2. The van der Waals surface area contributed by atoms with Gasteiger partial charge in [0, 0.05) is 12.3 Å². The molecular formula is C8H12F3N3O2S2. The van der Waals surface area contributed by atoms with Gasteiger partial charge in [0.25, 0.3) is 0 Å². The van der Waals surface area contributed by atoms with E-state index in [9.17, 15) is 21.6 Å². The summed E-state index contributed by atoms with van der Waals surface area (Å²) < 4.78 is 62.9. The van der Waals surface area contributed by atoms with Crippen LogP contribution >= 0.6 is 11.5 Å². The number of nitrogens with two attached hydrogens (primary N) is 1. The van der Waals surface area contributed by atoms with Gasteiger partial charge in [-0.15, -0.1) is 0 Å². The molecular weight excluding hydrogens is 291 g/mol. The highest BCUT2D eigenvalue weighted by Crippen LogP contribution is 2.33. The zero-order valence-corrected chi connectivity index (χ0v) is 11.2. The molecule has 0 radical (unpaired) electrons. The zero-order valence-electron chi connectivity index (χ0n) is 9.58. The van der Waals surface area contributed by atoms with Crippen LogP contribution in [0.15, 0.2) is 4.90 Å². The minimum Gasteiger partial charge on any atom is -0.382 e. The van der Waals surface area contributed by atoms with E-state index in [-0.39, 0.29) is 15.7 Å². The Bertz CT molecular complexity index is 524. The molecule has 3 N–H and O–H groups in total. The smallest absolute Gasteiger partial charge is 0.382 e. The molecule has 1 atom stereocenters. The minimum atomic E-state index is -4.33. The van der Waals surface area contributed by atoms with E-state index in [1.807, 2.05) is 0 Å². The molecule has 0 aromatic carbocycles. The molecule has 0 spiro atoms. The van der Waals surface area contributed by atoms with Gasteiger partial charge in [-0.3, -0.25) is 0 Å². The maximum Gasteiger partial charge on any atom is 0.391 e. The topological polar surface area (TPSA) is 85.1 Å². The van der Waals surface area contributed by atoms with Crippen LogP contribution in [0.1, 0.15) is 13.3 Å². The van der Waals surface area contributed by atoms with E-state index >= 15 is 0 Å². The Labute approximate surface area is 106 Å². The highest BCUT2D eigenvalue weighted by atomic mass is 32.2. The first kappa shape index (κ1) is 15.0. The fourth-order valence-corrected chi connectivity index (χ4v) is 3.53. The van der Waals surface area contributed by atoms with Gasteiger partial charge in [-0.1, -0.05) is 0 Å². The van der Waals surface area contributed by atoms with Gasteiger partial charge in [0.1, 0.15) is 9.90 Å². The molecule has 0 aliphatic carbocycles. The highest BCUT2D eigenvalue weighted by Gasteiger charge is 2.31. The third-order valence-electron chi connectivity index (χ3n) is 1.96. The van der Waals surface area contributed by atoms with Gasteiger partial charge >= 0.3 is 6.18 Å². The van der Waals surface area contributed by atoms with Crippen LogP contribution in [-0.4, -0.2) is 31.3 Å². The summed E-state index contributed by atoms with van der Waals surface area (Å²) in [4.78, 5) is -0.249. The summed E-state index contributed by atoms with van der Waals surface area (Å²) in [6.45, 7) is 1.30. The average Bonchev–Trinajstić information content (AvgIpc) is 2.41. The van der Waals surface area contributed by atoms with Gasteiger partial charge in [0.05, 0.1) is 6.42 Å². The van der Waals surface area contributed by atoms with Crippen molar-refractivity contribution in [1.82, 2.24) is 4.37 Å². The fraction of sp³-hybridized carbons (Fsp3) is 0.625. The number of hydrogen-bond donors (Lipinski definition) is 2. The Morgan fingerprint density at radius 2 is 2.06 bits per heavy atom. The normalized spacial score (nSPS) is 14.5. The number of hydrogen-bond acceptors (Lipinski definition) is 6. The van der Waals surface area contributed by atoms with Gasteiger partial charge in [-0.05, 0) is 18.5 Å². The van der Waals surface area contributed by atoms with Crippen molar-refractivity contribution < 1.29 is 21.6 Å². The molecule has 0 amide bonds. The average molecular weight is 303 g/mol. The molecule has 0 saturated carbocycles. The second-order valence-electron chi connectivity index (χ2n) is 3.86. The Hall–Kier alpha value is -1.03. The third-order valence-corrected chi connectivity index (χ3v) is 4.04. The Morgan fingerprint density at radius 3 is 2.50 bits per heavy atom. The predicted molar refractivity (Wildman–Crippen MR) is 63.4 cm³/mol. The molecule has 104 valence electrons. The number of rotatable bonds is 4. The van der Waals surface area contributed by atoms with Crippen LogP contribution < -0.4 is 11.1 Å². The molecule has 0 bridgehead atoms. The van der Waals surface area contributed by atoms with Crippen molar-refractivity contribution in [2.75, 3.05) is 17.3 Å². The molecule has 1 aromatic rings. The largest absolute Gasteiger partial charge is 0.391 e. The van der Waals surface area contributed by atoms with Crippen molar-refractivity contribution in [2.45, 2.75) is 30.5 Å². The molecule has 0 aliphatic rings. The number of anilines is 2. The first-order chi connectivity index (χ1) is 8.00. The van der Waals surface area contributed by atoms with E-state index in [4.69, 9.17) is 5.73 Å². The minimum absolute atomic E-state index is 0.0340. The molecule has 0 saturated heterocycles. The lowest BCUT2D eigenvalue weighted by Gasteiger charge is -2.16. The van der Waals surface area contributed by atoms with E-state index < -0.39 is 28.5 Å². The number of sulfone groups is 1. The standard InChI is InChI=1S/C8H12F3N3O2S2/c1-4(3-8(9,10)11)13-7-5(18(2,15)16)6(12)14-17-7/h4,13H,3H2,1-2H3,(H2,12,14). The molecule has 0 fully saturated rings. The van der Waals surface area contributed by atoms with Crippen molar-refractivity contribution in [1.29, 1.82) is 0 Å². The predicted octanol–water partition coefficient (Wildman–Crippen LogP) is 1.88. The third kappa shape index (κ3) is 4.02. The van der Waals surface area contributed by atoms with Crippen LogP contribution in [0, 0.1) is 0 Å². The molecule has 1 unspecified atom stereocenters. The Kier molecular flexibility index (Phi) is 4.11. The zero-order chi connectivity index (χ0) is 14.1. The van der Waals surface area contributed by atoms with Crippen molar-refractivity contribution >= 4 is 32.2 Å². The SMILES string of the molecule is CC(CC(F)(F)F)Nc1snc(N)c1S(C)(=O)=O. The molecule has 1 aromatic heterocycles. The van der Waals surface area contributed by atoms with E-state index in [0.29, 0.717) is 0 Å². The molecule has 5 nitrogen and oxygen atoms in total.